The van der Waals surface area contributed by atoms with Crippen molar-refractivity contribution in [3.63, 3.8) is 0 Å². The molecular weight excluding hydrogens is 293 g/mol. The molecule has 1 aromatic carbocycles. The van der Waals surface area contributed by atoms with E-state index in [1.54, 1.807) is 19.1 Å². The van der Waals surface area contributed by atoms with Crippen LogP contribution in [-0.4, -0.2) is 26.4 Å². The van der Waals surface area contributed by atoms with Crippen LogP contribution in [0.25, 0.3) is 0 Å². The maximum atomic E-state index is 13.0. The Hall–Kier alpha value is -0.980. The van der Waals surface area contributed by atoms with Crippen LogP contribution in [0, 0.1) is 11.7 Å². The monoisotopic (exact) mass is 313 g/mol. The first-order valence-corrected chi connectivity index (χ1v) is 8.90. The first-order chi connectivity index (χ1) is 9.97. The number of hydrogen-bond acceptors (Lipinski definition) is 3. The van der Waals surface area contributed by atoms with E-state index in [9.17, 15) is 12.8 Å². The average molecular weight is 313 g/mol. The molecule has 4 nitrogen and oxygen atoms in total. The minimum absolute atomic E-state index is 0.261. The fraction of sp³-hybridized carbons (Fsp3) is 0.600. The second-order valence-corrected chi connectivity index (χ2v) is 7.86. The quantitative estimate of drug-likeness (QED) is 0.908. The van der Waals surface area contributed by atoms with E-state index in [2.05, 4.69) is 4.72 Å². The summed E-state index contributed by atoms with van der Waals surface area (Å²) in [5, 5.41) is -0.501. The lowest BCUT2D eigenvalue weighted by atomic mass is 10.0. The Morgan fingerprint density at radius 3 is 2.43 bits per heavy atom. The van der Waals surface area contributed by atoms with Crippen LogP contribution in [0.15, 0.2) is 24.3 Å². The number of sulfonamides is 1. The molecule has 1 aromatic rings. The first-order valence-electron chi connectivity index (χ1n) is 7.35. The normalized spacial score (nSPS) is 27.7. The van der Waals surface area contributed by atoms with Crippen LogP contribution in [0.2, 0.25) is 0 Å². The molecule has 116 valence electrons. The Morgan fingerprint density at radius 1 is 1.24 bits per heavy atom. The Morgan fingerprint density at radius 2 is 1.90 bits per heavy atom. The van der Waals surface area contributed by atoms with Crippen molar-refractivity contribution in [2.75, 3.05) is 6.61 Å². The SMILES string of the molecule is C[C@@H]1OCC[C@@H]1S(=O)(=O)N[C@H](c1ccc(F)cc1)C1CC1. The van der Waals surface area contributed by atoms with Gasteiger partial charge in [0, 0.05) is 12.6 Å². The summed E-state index contributed by atoms with van der Waals surface area (Å²) in [5.41, 5.74) is 0.828. The van der Waals surface area contributed by atoms with Crippen molar-refractivity contribution < 1.29 is 17.5 Å². The van der Waals surface area contributed by atoms with Gasteiger partial charge < -0.3 is 4.74 Å². The van der Waals surface area contributed by atoms with Crippen molar-refractivity contribution >= 4 is 10.0 Å². The summed E-state index contributed by atoms with van der Waals surface area (Å²) in [6.07, 6.45) is 2.25. The van der Waals surface area contributed by atoms with Gasteiger partial charge in [0.05, 0.1) is 6.10 Å². The highest BCUT2D eigenvalue weighted by Crippen LogP contribution is 2.42. The van der Waals surface area contributed by atoms with Crippen molar-refractivity contribution in [2.24, 2.45) is 5.92 Å². The molecule has 1 aliphatic heterocycles. The number of ether oxygens (including phenoxy) is 1. The third-order valence-electron chi connectivity index (χ3n) is 4.32. The molecule has 21 heavy (non-hydrogen) atoms. The summed E-state index contributed by atoms with van der Waals surface area (Å²) in [5.74, 6) is -0.00293. The van der Waals surface area contributed by atoms with Gasteiger partial charge in [0.2, 0.25) is 10.0 Å². The van der Waals surface area contributed by atoms with Crippen molar-refractivity contribution in [1.29, 1.82) is 0 Å². The lowest BCUT2D eigenvalue weighted by Gasteiger charge is -2.23. The third kappa shape index (κ3) is 3.27. The Labute approximate surface area is 124 Å². The van der Waals surface area contributed by atoms with E-state index in [1.165, 1.54) is 12.1 Å². The summed E-state index contributed by atoms with van der Waals surface area (Å²) in [6.45, 7) is 2.28. The number of halogens is 1. The zero-order chi connectivity index (χ0) is 15.0. The molecule has 1 saturated heterocycles. The molecule has 1 N–H and O–H groups in total. The standard InChI is InChI=1S/C15H20FNO3S/c1-10-14(8-9-20-10)21(18,19)17-15(11-2-3-11)12-4-6-13(16)7-5-12/h4-7,10-11,14-15,17H,2-3,8-9H2,1H3/t10-,14-,15-/m0/s1. The zero-order valence-corrected chi connectivity index (χ0v) is 12.8. The predicted molar refractivity (Wildman–Crippen MR) is 77.7 cm³/mol. The molecule has 0 amide bonds. The minimum Gasteiger partial charge on any atom is -0.377 e. The molecular formula is C15H20FNO3S. The van der Waals surface area contributed by atoms with Crippen LogP contribution in [0.4, 0.5) is 4.39 Å². The first kappa shape index (κ1) is 14.9. The van der Waals surface area contributed by atoms with E-state index in [0.29, 0.717) is 18.9 Å². The van der Waals surface area contributed by atoms with Crippen molar-refractivity contribution in [3.8, 4) is 0 Å². The molecule has 6 heteroatoms. The maximum Gasteiger partial charge on any atom is 0.217 e. The van der Waals surface area contributed by atoms with Gasteiger partial charge in [-0.3, -0.25) is 0 Å². The van der Waals surface area contributed by atoms with Crippen molar-refractivity contribution in [3.05, 3.63) is 35.6 Å². The fourth-order valence-electron chi connectivity index (χ4n) is 2.92. The summed E-state index contributed by atoms with van der Waals surface area (Å²) in [6, 6.07) is 5.81. The van der Waals surface area contributed by atoms with E-state index < -0.39 is 15.3 Å². The van der Waals surface area contributed by atoms with E-state index in [4.69, 9.17) is 4.74 Å². The van der Waals surface area contributed by atoms with Gasteiger partial charge in [0.1, 0.15) is 11.1 Å². The van der Waals surface area contributed by atoms with Crippen LogP contribution in [-0.2, 0) is 14.8 Å². The van der Waals surface area contributed by atoms with Gasteiger partial charge in [-0.1, -0.05) is 12.1 Å². The molecule has 0 bridgehead atoms. The Balaban J connectivity index is 1.80. The molecule has 0 aromatic heterocycles. The molecule has 3 rings (SSSR count). The van der Waals surface area contributed by atoms with Gasteiger partial charge in [0.25, 0.3) is 0 Å². The highest BCUT2D eigenvalue weighted by atomic mass is 32.2. The van der Waals surface area contributed by atoms with Crippen LogP contribution in [0.3, 0.4) is 0 Å². The van der Waals surface area contributed by atoms with Crippen LogP contribution < -0.4 is 4.72 Å². The van der Waals surface area contributed by atoms with Crippen LogP contribution >= 0.6 is 0 Å². The molecule has 3 atom stereocenters. The number of benzene rings is 1. The van der Waals surface area contributed by atoms with Gasteiger partial charge in [-0.2, -0.15) is 0 Å². The van der Waals surface area contributed by atoms with Gasteiger partial charge in [-0.25, -0.2) is 17.5 Å². The second kappa shape index (κ2) is 5.66. The number of rotatable bonds is 5. The third-order valence-corrected chi connectivity index (χ3v) is 6.32. The van der Waals surface area contributed by atoms with E-state index in [-0.39, 0.29) is 18.0 Å². The van der Waals surface area contributed by atoms with E-state index >= 15 is 0 Å². The topological polar surface area (TPSA) is 55.4 Å². The van der Waals surface area contributed by atoms with Gasteiger partial charge in [0.15, 0.2) is 0 Å². The van der Waals surface area contributed by atoms with Crippen molar-refractivity contribution in [2.45, 2.75) is 43.6 Å². The molecule has 2 fully saturated rings. The molecule has 0 radical (unpaired) electrons. The molecule has 1 saturated carbocycles. The Bertz CT molecular complexity index is 598. The lowest BCUT2D eigenvalue weighted by Crippen LogP contribution is -2.40. The van der Waals surface area contributed by atoms with Gasteiger partial charge in [-0.15, -0.1) is 0 Å². The van der Waals surface area contributed by atoms with E-state index in [1.807, 2.05) is 0 Å². The second-order valence-electron chi connectivity index (χ2n) is 5.93. The largest absolute Gasteiger partial charge is 0.377 e. The molecule has 1 heterocycles. The molecule has 2 aliphatic rings. The summed E-state index contributed by atoms with van der Waals surface area (Å²) >= 11 is 0. The summed E-state index contributed by atoms with van der Waals surface area (Å²) < 4.78 is 46.4. The number of hydrogen-bond donors (Lipinski definition) is 1. The minimum atomic E-state index is -3.44. The zero-order valence-electron chi connectivity index (χ0n) is 12.0. The Kier molecular flexibility index (Phi) is 4.03. The number of nitrogens with one attached hydrogen (secondary N) is 1. The predicted octanol–water partition coefficient (Wildman–Crippen LogP) is 2.37. The maximum absolute atomic E-state index is 13.0. The fourth-order valence-corrected chi connectivity index (χ4v) is 4.77. The molecule has 0 unspecified atom stereocenters. The van der Waals surface area contributed by atoms with Crippen LogP contribution in [0.5, 0.6) is 0 Å². The van der Waals surface area contributed by atoms with E-state index in [0.717, 1.165) is 18.4 Å². The summed E-state index contributed by atoms with van der Waals surface area (Å²) in [4.78, 5) is 0. The van der Waals surface area contributed by atoms with Crippen molar-refractivity contribution in [1.82, 2.24) is 4.72 Å². The lowest BCUT2D eigenvalue weighted by molar-refractivity contribution is 0.126. The van der Waals surface area contributed by atoms with Gasteiger partial charge in [-0.05, 0) is 49.8 Å². The summed E-state index contributed by atoms with van der Waals surface area (Å²) in [7, 11) is -3.44. The smallest absolute Gasteiger partial charge is 0.217 e. The highest BCUT2D eigenvalue weighted by molar-refractivity contribution is 7.90. The van der Waals surface area contributed by atoms with Gasteiger partial charge >= 0.3 is 0 Å². The average Bonchev–Trinajstić information content (AvgIpc) is 3.18. The highest BCUT2D eigenvalue weighted by Gasteiger charge is 2.41. The molecule has 0 spiro atoms. The molecule has 1 aliphatic carbocycles. The van der Waals surface area contributed by atoms with Crippen LogP contribution in [0.1, 0.15) is 37.8 Å².